The van der Waals surface area contributed by atoms with Crippen molar-refractivity contribution in [2.75, 3.05) is 6.61 Å². The van der Waals surface area contributed by atoms with Crippen LogP contribution in [0.25, 0.3) is 0 Å². The first kappa shape index (κ1) is 18.8. The SMILES string of the molecule is O=C(COc1ccsn1)N[C@@H]1Cc2ccccc2[C@H]1NC(=O)C1CCc2cn[nH]c21. The summed E-state index contributed by atoms with van der Waals surface area (Å²) in [6.07, 6.45) is 4.06. The highest BCUT2D eigenvalue weighted by molar-refractivity contribution is 7.03. The van der Waals surface area contributed by atoms with E-state index in [1.807, 2.05) is 24.3 Å². The molecule has 154 valence electrons. The number of ether oxygens (including phenoxy) is 1. The van der Waals surface area contributed by atoms with E-state index in [1.165, 1.54) is 11.5 Å². The van der Waals surface area contributed by atoms with Gasteiger partial charge in [-0.05, 0) is 47.5 Å². The van der Waals surface area contributed by atoms with Gasteiger partial charge in [0.15, 0.2) is 6.61 Å². The van der Waals surface area contributed by atoms with Crippen molar-refractivity contribution < 1.29 is 14.3 Å². The highest BCUT2D eigenvalue weighted by Gasteiger charge is 2.37. The zero-order valence-corrected chi connectivity index (χ0v) is 16.9. The summed E-state index contributed by atoms with van der Waals surface area (Å²) in [6, 6.07) is 9.17. The number of nitrogens with one attached hydrogen (secondary N) is 3. The molecule has 2 amide bonds. The molecule has 2 aliphatic carbocycles. The lowest BCUT2D eigenvalue weighted by atomic mass is 10.0. The fraction of sp³-hybridized carbons (Fsp3) is 0.333. The number of H-pyrrole nitrogens is 1. The molecule has 30 heavy (non-hydrogen) atoms. The number of hydrogen-bond acceptors (Lipinski definition) is 6. The van der Waals surface area contributed by atoms with Gasteiger partial charge in [0.25, 0.3) is 5.91 Å². The molecule has 5 rings (SSSR count). The van der Waals surface area contributed by atoms with Gasteiger partial charge in [-0.25, -0.2) is 0 Å². The molecule has 2 heterocycles. The zero-order chi connectivity index (χ0) is 20.5. The molecule has 8 nitrogen and oxygen atoms in total. The van der Waals surface area contributed by atoms with Crippen molar-refractivity contribution in [1.82, 2.24) is 25.2 Å². The summed E-state index contributed by atoms with van der Waals surface area (Å²) in [5.41, 5.74) is 4.17. The van der Waals surface area contributed by atoms with E-state index in [4.69, 9.17) is 4.74 Å². The molecule has 2 aliphatic rings. The average Bonchev–Trinajstić information content (AvgIpc) is 3.51. The van der Waals surface area contributed by atoms with Gasteiger partial charge in [0.2, 0.25) is 11.8 Å². The number of aromatic nitrogens is 3. The first-order valence-electron chi connectivity index (χ1n) is 9.92. The van der Waals surface area contributed by atoms with E-state index >= 15 is 0 Å². The molecule has 0 aliphatic heterocycles. The van der Waals surface area contributed by atoms with Crippen LogP contribution in [-0.4, -0.2) is 39.0 Å². The molecule has 9 heteroatoms. The van der Waals surface area contributed by atoms with Gasteiger partial charge in [0.05, 0.1) is 29.9 Å². The number of fused-ring (bicyclic) bond motifs is 2. The number of nitrogens with zero attached hydrogens (tertiary/aromatic N) is 2. The largest absolute Gasteiger partial charge is 0.467 e. The summed E-state index contributed by atoms with van der Waals surface area (Å²) < 4.78 is 9.45. The maximum atomic E-state index is 13.1. The smallest absolute Gasteiger partial charge is 0.258 e. The van der Waals surface area contributed by atoms with E-state index < -0.39 is 0 Å². The number of aromatic amines is 1. The van der Waals surface area contributed by atoms with E-state index in [0.717, 1.165) is 35.2 Å². The van der Waals surface area contributed by atoms with Crippen LogP contribution in [-0.2, 0) is 22.4 Å². The number of carbonyl (C=O) groups is 2. The predicted octanol–water partition coefficient (Wildman–Crippen LogP) is 1.87. The van der Waals surface area contributed by atoms with E-state index in [1.54, 1.807) is 17.6 Å². The predicted molar refractivity (Wildman–Crippen MR) is 110 cm³/mol. The Hall–Kier alpha value is -3.20. The Bertz CT molecular complexity index is 1060. The van der Waals surface area contributed by atoms with Crippen LogP contribution in [0.2, 0.25) is 0 Å². The Kier molecular flexibility index (Phi) is 4.96. The Morgan fingerprint density at radius 3 is 2.97 bits per heavy atom. The first-order valence-corrected chi connectivity index (χ1v) is 10.8. The second-order valence-electron chi connectivity index (χ2n) is 7.59. The second-order valence-corrected chi connectivity index (χ2v) is 8.26. The van der Waals surface area contributed by atoms with Gasteiger partial charge in [-0.15, -0.1) is 0 Å². The number of rotatable bonds is 6. The van der Waals surface area contributed by atoms with Gasteiger partial charge < -0.3 is 15.4 Å². The van der Waals surface area contributed by atoms with Crippen LogP contribution in [0.3, 0.4) is 0 Å². The molecular formula is C21H21N5O3S. The van der Waals surface area contributed by atoms with Crippen molar-refractivity contribution in [2.24, 2.45) is 0 Å². The van der Waals surface area contributed by atoms with Gasteiger partial charge in [-0.2, -0.15) is 9.47 Å². The van der Waals surface area contributed by atoms with Gasteiger partial charge in [0, 0.05) is 11.4 Å². The topological polar surface area (TPSA) is 109 Å². The highest BCUT2D eigenvalue weighted by Crippen LogP contribution is 2.35. The van der Waals surface area contributed by atoms with Crippen molar-refractivity contribution in [2.45, 2.75) is 37.3 Å². The van der Waals surface area contributed by atoms with Crippen LogP contribution in [0.1, 0.15) is 40.8 Å². The highest BCUT2D eigenvalue weighted by atomic mass is 32.1. The lowest BCUT2D eigenvalue weighted by Crippen LogP contribution is -2.46. The van der Waals surface area contributed by atoms with Crippen LogP contribution < -0.4 is 15.4 Å². The summed E-state index contributed by atoms with van der Waals surface area (Å²) >= 11 is 1.27. The number of hydrogen-bond donors (Lipinski definition) is 3. The summed E-state index contributed by atoms with van der Waals surface area (Å²) in [6.45, 7) is -0.114. The minimum atomic E-state index is -0.288. The molecule has 1 aromatic carbocycles. The molecule has 3 atom stereocenters. The third-order valence-electron chi connectivity index (χ3n) is 5.76. The van der Waals surface area contributed by atoms with Crippen LogP contribution >= 0.6 is 11.5 Å². The van der Waals surface area contributed by atoms with Crippen molar-refractivity contribution in [3.05, 3.63) is 64.3 Å². The first-order chi connectivity index (χ1) is 14.7. The lowest BCUT2D eigenvalue weighted by molar-refractivity contribution is -0.126. The minimum absolute atomic E-state index is 0.0438. The van der Waals surface area contributed by atoms with Crippen molar-refractivity contribution in [1.29, 1.82) is 0 Å². The van der Waals surface area contributed by atoms with Crippen molar-refractivity contribution in [3.8, 4) is 5.88 Å². The second kappa shape index (κ2) is 7.91. The average molecular weight is 423 g/mol. The maximum Gasteiger partial charge on any atom is 0.258 e. The molecule has 1 unspecified atom stereocenters. The molecule has 3 N–H and O–H groups in total. The van der Waals surface area contributed by atoms with E-state index in [0.29, 0.717) is 12.3 Å². The van der Waals surface area contributed by atoms with Gasteiger partial charge in [-0.1, -0.05) is 24.3 Å². The standard InChI is InChI=1S/C21H21N5O3S/c27-17(11-29-18-7-8-30-26-18)23-16-9-12-3-1-2-4-14(12)20(16)24-21(28)15-6-5-13-10-22-25-19(13)15/h1-4,7-8,10,15-16,20H,5-6,9,11H2,(H,22,25)(H,23,27)(H,24,28)/t15?,16-,20-/m1/s1. The van der Waals surface area contributed by atoms with Crippen molar-refractivity contribution >= 4 is 23.3 Å². The summed E-state index contributed by atoms with van der Waals surface area (Å²) in [4.78, 5) is 25.6. The molecule has 0 bridgehead atoms. The Balaban J connectivity index is 1.29. The fourth-order valence-electron chi connectivity index (χ4n) is 4.35. The van der Waals surface area contributed by atoms with Crippen molar-refractivity contribution in [3.63, 3.8) is 0 Å². The number of carbonyl (C=O) groups excluding carboxylic acids is 2. The Morgan fingerprint density at radius 1 is 1.20 bits per heavy atom. The summed E-state index contributed by atoms with van der Waals surface area (Å²) in [5, 5.41) is 15.0. The number of amides is 2. The molecule has 0 saturated heterocycles. The molecule has 2 aromatic heterocycles. The lowest BCUT2D eigenvalue weighted by Gasteiger charge is -2.24. The Labute approximate surface area is 177 Å². The minimum Gasteiger partial charge on any atom is -0.467 e. The Morgan fingerprint density at radius 2 is 2.10 bits per heavy atom. The molecule has 0 spiro atoms. The fourth-order valence-corrected chi connectivity index (χ4v) is 4.81. The molecule has 3 aromatic rings. The zero-order valence-electron chi connectivity index (χ0n) is 16.1. The summed E-state index contributed by atoms with van der Waals surface area (Å²) in [7, 11) is 0. The molecule has 0 radical (unpaired) electrons. The van der Waals surface area contributed by atoms with Crippen LogP contribution in [0.15, 0.2) is 41.9 Å². The maximum absolute atomic E-state index is 13.1. The van der Waals surface area contributed by atoms with E-state index in [-0.39, 0.29) is 36.4 Å². The third kappa shape index (κ3) is 3.56. The van der Waals surface area contributed by atoms with E-state index in [9.17, 15) is 9.59 Å². The van der Waals surface area contributed by atoms with Crippen LogP contribution in [0.4, 0.5) is 0 Å². The monoisotopic (exact) mass is 423 g/mol. The number of benzene rings is 1. The number of aryl methyl sites for hydroxylation is 1. The van der Waals surface area contributed by atoms with Crippen LogP contribution in [0, 0.1) is 0 Å². The third-order valence-corrected chi connectivity index (χ3v) is 6.30. The molecule has 0 saturated carbocycles. The quantitative estimate of drug-likeness (QED) is 0.561. The van der Waals surface area contributed by atoms with Gasteiger partial charge in [-0.3, -0.25) is 14.7 Å². The van der Waals surface area contributed by atoms with Gasteiger partial charge >= 0.3 is 0 Å². The molecule has 0 fully saturated rings. The van der Waals surface area contributed by atoms with Gasteiger partial charge in [0.1, 0.15) is 0 Å². The normalized spacial score (nSPS) is 21.7. The molecular weight excluding hydrogens is 402 g/mol. The van der Waals surface area contributed by atoms with E-state index in [2.05, 4.69) is 25.2 Å². The summed E-state index contributed by atoms with van der Waals surface area (Å²) in [5.74, 6) is -0.0830. The van der Waals surface area contributed by atoms with Crippen LogP contribution in [0.5, 0.6) is 5.88 Å².